The van der Waals surface area contributed by atoms with Crippen LogP contribution in [0.2, 0.25) is 0 Å². The van der Waals surface area contributed by atoms with Crippen molar-refractivity contribution in [3.8, 4) is 0 Å². The Bertz CT molecular complexity index is 474. The Balaban J connectivity index is 1.74. The third kappa shape index (κ3) is 2.75. The molecule has 2 nitrogen and oxygen atoms in total. The van der Waals surface area contributed by atoms with Gasteiger partial charge in [-0.3, -0.25) is 0 Å². The lowest BCUT2D eigenvalue weighted by molar-refractivity contribution is 0.552. The molecule has 1 aromatic rings. The maximum Gasteiger partial charge on any atom is 0.0513 e. The zero-order chi connectivity index (χ0) is 14.1. The van der Waals surface area contributed by atoms with Crippen molar-refractivity contribution in [2.24, 2.45) is 5.92 Å². The van der Waals surface area contributed by atoms with Crippen molar-refractivity contribution in [1.29, 1.82) is 0 Å². The van der Waals surface area contributed by atoms with Crippen LogP contribution in [0.3, 0.4) is 0 Å². The first-order valence-corrected chi connectivity index (χ1v) is 8.77. The topological polar surface area (TPSA) is 15.3 Å². The minimum atomic E-state index is 0.426. The van der Waals surface area contributed by atoms with Gasteiger partial charge in [-0.25, -0.2) is 0 Å². The molecular formula is C17H25BrN2. The van der Waals surface area contributed by atoms with Gasteiger partial charge < -0.3 is 10.2 Å². The summed E-state index contributed by atoms with van der Waals surface area (Å²) in [5.41, 5.74) is 2.77. The zero-order valence-electron chi connectivity index (χ0n) is 12.5. The number of benzene rings is 1. The molecule has 1 saturated carbocycles. The largest absolute Gasteiger partial charge is 0.367 e. The minimum absolute atomic E-state index is 0.426. The molecule has 3 atom stereocenters. The second-order valence-electron chi connectivity index (χ2n) is 6.37. The molecule has 1 aliphatic carbocycles. The molecular weight excluding hydrogens is 312 g/mol. The van der Waals surface area contributed by atoms with E-state index in [2.05, 4.69) is 58.2 Å². The van der Waals surface area contributed by atoms with Crippen molar-refractivity contribution < 1.29 is 0 Å². The minimum Gasteiger partial charge on any atom is -0.367 e. The van der Waals surface area contributed by atoms with Gasteiger partial charge in [0, 0.05) is 23.1 Å². The Labute approximate surface area is 131 Å². The fourth-order valence-corrected chi connectivity index (χ4v) is 4.35. The standard InChI is InChI=1S/C17H25BrN2/c1-3-8-19-12(2)14-5-7-17(16(18)10-14)20-11-13-4-6-15(20)9-13/h5,7,10,12-13,15,19H,3-4,6,8-9,11H2,1-2H3. The molecule has 0 aromatic heterocycles. The third-order valence-electron chi connectivity index (χ3n) is 4.89. The van der Waals surface area contributed by atoms with Gasteiger partial charge in [0.05, 0.1) is 5.69 Å². The normalized spacial score (nSPS) is 26.2. The van der Waals surface area contributed by atoms with Gasteiger partial charge in [0.25, 0.3) is 0 Å². The number of hydrogen-bond donors (Lipinski definition) is 1. The van der Waals surface area contributed by atoms with E-state index in [1.165, 1.54) is 48.0 Å². The van der Waals surface area contributed by atoms with Crippen molar-refractivity contribution in [2.75, 3.05) is 18.0 Å². The number of piperidine rings is 1. The Kier molecular flexibility index (Phi) is 4.37. The molecule has 1 aliphatic heterocycles. The smallest absolute Gasteiger partial charge is 0.0513 e. The maximum absolute atomic E-state index is 3.80. The molecule has 1 saturated heterocycles. The summed E-state index contributed by atoms with van der Waals surface area (Å²) in [5, 5.41) is 3.56. The van der Waals surface area contributed by atoms with E-state index in [0.29, 0.717) is 6.04 Å². The lowest BCUT2D eigenvalue weighted by Crippen LogP contribution is -2.32. The van der Waals surface area contributed by atoms with E-state index in [9.17, 15) is 0 Å². The van der Waals surface area contributed by atoms with Crippen LogP contribution in [-0.4, -0.2) is 19.1 Å². The molecule has 3 rings (SSSR count). The van der Waals surface area contributed by atoms with Gasteiger partial charge in [0.15, 0.2) is 0 Å². The van der Waals surface area contributed by atoms with E-state index in [-0.39, 0.29) is 0 Å². The van der Waals surface area contributed by atoms with Gasteiger partial charge in [-0.1, -0.05) is 13.0 Å². The van der Waals surface area contributed by atoms with Gasteiger partial charge in [-0.2, -0.15) is 0 Å². The van der Waals surface area contributed by atoms with E-state index < -0.39 is 0 Å². The molecule has 110 valence electrons. The van der Waals surface area contributed by atoms with Gasteiger partial charge in [0.1, 0.15) is 0 Å². The number of hydrogen-bond acceptors (Lipinski definition) is 2. The number of anilines is 1. The SMILES string of the molecule is CCCNC(C)c1ccc(N2CC3CCC2C3)c(Br)c1. The van der Waals surface area contributed by atoms with Crippen LogP contribution in [0.1, 0.15) is 51.1 Å². The quantitative estimate of drug-likeness (QED) is 0.851. The second-order valence-corrected chi connectivity index (χ2v) is 7.23. The summed E-state index contributed by atoms with van der Waals surface area (Å²) < 4.78 is 1.26. The molecule has 20 heavy (non-hydrogen) atoms. The molecule has 2 fully saturated rings. The van der Waals surface area contributed by atoms with Crippen LogP contribution < -0.4 is 10.2 Å². The number of nitrogens with one attached hydrogen (secondary N) is 1. The van der Waals surface area contributed by atoms with Crippen LogP contribution in [0.15, 0.2) is 22.7 Å². The predicted molar refractivity (Wildman–Crippen MR) is 89.3 cm³/mol. The molecule has 2 bridgehead atoms. The molecule has 1 aromatic carbocycles. The lowest BCUT2D eigenvalue weighted by atomic mass is 10.1. The average molecular weight is 337 g/mol. The van der Waals surface area contributed by atoms with Crippen molar-refractivity contribution in [2.45, 2.75) is 51.6 Å². The predicted octanol–water partition coefficient (Wildman–Crippen LogP) is 4.50. The van der Waals surface area contributed by atoms with Crippen LogP contribution in [0.4, 0.5) is 5.69 Å². The number of fused-ring (bicyclic) bond motifs is 2. The molecule has 0 spiro atoms. The summed E-state index contributed by atoms with van der Waals surface area (Å²) in [5.74, 6) is 0.941. The van der Waals surface area contributed by atoms with Crippen molar-refractivity contribution in [1.82, 2.24) is 5.32 Å². The third-order valence-corrected chi connectivity index (χ3v) is 5.53. The molecule has 3 heteroatoms. The first-order chi connectivity index (χ1) is 9.69. The molecule has 3 unspecified atom stereocenters. The van der Waals surface area contributed by atoms with Crippen LogP contribution in [0, 0.1) is 5.92 Å². The van der Waals surface area contributed by atoms with Crippen LogP contribution in [0.5, 0.6) is 0 Å². The Morgan fingerprint density at radius 3 is 2.85 bits per heavy atom. The van der Waals surface area contributed by atoms with E-state index in [1.807, 2.05) is 0 Å². The van der Waals surface area contributed by atoms with E-state index in [0.717, 1.165) is 18.5 Å². The summed E-state index contributed by atoms with van der Waals surface area (Å²) in [6.07, 6.45) is 5.41. The van der Waals surface area contributed by atoms with Gasteiger partial charge in [0.2, 0.25) is 0 Å². The first-order valence-electron chi connectivity index (χ1n) is 7.98. The van der Waals surface area contributed by atoms with Crippen LogP contribution in [0.25, 0.3) is 0 Å². The average Bonchev–Trinajstić information content (AvgIpc) is 3.07. The molecule has 1 heterocycles. The number of halogens is 1. The number of nitrogens with zero attached hydrogens (tertiary/aromatic N) is 1. The fourth-order valence-electron chi connectivity index (χ4n) is 3.72. The van der Waals surface area contributed by atoms with Crippen molar-refractivity contribution in [3.05, 3.63) is 28.2 Å². The highest BCUT2D eigenvalue weighted by molar-refractivity contribution is 9.10. The van der Waals surface area contributed by atoms with Gasteiger partial charge in [-0.05, 0) is 78.7 Å². The van der Waals surface area contributed by atoms with Gasteiger partial charge in [-0.15, -0.1) is 0 Å². The maximum atomic E-state index is 3.80. The second kappa shape index (κ2) is 6.07. The first kappa shape index (κ1) is 14.4. The van der Waals surface area contributed by atoms with Gasteiger partial charge >= 0.3 is 0 Å². The summed E-state index contributed by atoms with van der Waals surface area (Å²) in [4.78, 5) is 2.62. The van der Waals surface area contributed by atoms with E-state index in [4.69, 9.17) is 0 Å². The van der Waals surface area contributed by atoms with Crippen LogP contribution >= 0.6 is 15.9 Å². The molecule has 2 aliphatic rings. The summed E-state index contributed by atoms with van der Waals surface area (Å²) in [7, 11) is 0. The van der Waals surface area contributed by atoms with E-state index in [1.54, 1.807) is 0 Å². The molecule has 0 radical (unpaired) electrons. The molecule has 0 amide bonds. The summed E-state index contributed by atoms with van der Waals surface area (Å²) >= 11 is 3.80. The highest BCUT2D eigenvalue weighted by atomic mass is 79.9. The monoisotopic (exact) mass is 336 g/mol. The zero-order valence-corrected chi connectivity index (χ0v) is 14.1. The lowest BCUT2D eigenvalue weighted by Gasteiger charge is -2.30. The van der Waals surface area contributed by atoms with Crippen molar-refractivity contribution >= 4 is 21.6 Å². The summed E-state index contributed by atoms with van der Waals surface area (Å²) in [6.45, 7) is 6.79. The fraction of sp³-hybridized carbons (Fsp3) is 0.647. The number of rotatable bonds is 5. The Hall–Kier alpha value is -0.540. The van der Waals surface area contributed by atoms with E-state index >= 15 is 0 Å². The highest BCUT2D eigenvalue weighted by Crippen LogP contribution is 2.42. The Morgan fingerprint density at radius 2 is 2.25 bits per heavy atom. The Morgan fingerprint density at radius 1 is 1.40 bits per heavy atom. The highest BCUT2D eigenvalue weighted by Gasteiger charge is 2.38. The van der Waals surface area contributed by atoms with Crippen LogP contribution in [-0.2, 0) is 0 Å². The summed E-state index contributed by atoms with van der Waals surface area (Å²) in [6, 6.07) is 8.12. The van der Waals surface area contributed by atoms with Crippen molar-refractivity contribution in [3.63, 3.8) is 0 Å². The molecule has 1 N–H and O–H groups in total.